The van der Waals surface area contributed by atoms with Crippen LogP contribution in [0, 0.1) is 5.82 Å². The number of piperidine rings is 1. The largest absolute Gasteiger partial charge is 0.497 e. The summed E-state index contributed by atoms with van der Waals surface area (Å²) in [4.78, 5) is 32.7. The van der Waals surface area contributed by atoms with E-state index in [1.54, 1.807) is 25.1 Å². The van der Waals surface area contributed by atoms with Gasteiger partial charge in [-0.1, -0.05) is 33.3 Å². The second-order valence-electron chi connectivity index (χ2n) is 15.3. The molecule has 2 amide bonds. The number of nitrogens with zero attached hydrogens (tertiary/aromatic N) is 3. The Balaban J connectivity index is 1.80. The van der Waals surface area contributed by atoms with Crippen molar-refractivity contribution in [3.8, 4) is 17.2 Å². The molecule has 0 N–H and O–H groups in total. The van der Waals surface area contributed by atoms with Crippen LogP contribution in [0.4, 0.5) is 10.1 Å². The number of methoxy groups -OCH3 is 3. The van der Waals surface area contributed by atoms with E-state index in [2.05, 4.69) is 33.9 Å². The van der Waals surface area contributed by atoms with Gasteiger partial charge in [-0.15, -0.1) is 0 Å². The van der Waals surface area contributed by atoms with Gasteiger partial charge in [-0.25, -0.2) is 17.1 Å². The van der Waals surface area contributed by atoms with Crippen molar-refractivity contribution in [2.45, 2.75) is 81.1 Å². The molecule has 2 heterocycles. The van der Waals surface area contributed by atoms with Crippen molar-refractivity contribution in [2.24, 2.45) is 0 Å². The highest BCUT2D eigenvalue weighted by atomic mass is 32.2. The summed E-state index contributed by atoms with van der Waals surface area (Å²) in [5, 5.41) is -0.00402. The summed E-state index contributed by atoms with van der Waals surface area (Å²) in [6, 6.07) is 12.4. The average Bonchev–Trinajstić information content (AvgIpc) is 3.38. The molecule has 11 nitrogen and oxygen atoms in total. The van der Waals surface area contributed by atoms with E-state index in [4.69, 9.17) is 18.6 Å². The van der Waals surface area contributed by atoms with E-state index in [1.165, 1.54) is 56.6 Å². The van der Waals surface area contributed by atoms with Crippen LogP contribution in [0.15, 0.2) is 59.5 Å². The van der Waals surface area contributed by atoms with Gasteiger partial charge in [0.05, 0.1) is 33.1 Å². The second kappa shape index (κ2) is 15.0. The minimum absolute atomic E-state index is 0.00402. The Kier molecular flexibility index (Phi) is 11.4. The zero-order chi connectivity index (χ0) is 39.1. The highest BCUT2D eigenvalue weighted by Crippen LogP contribution is 2.55. The molecule has 1 fully saturated rings. The monoisotopic (exact) mass is 769 g/mol. The quantitative estimate of drug-likeness (QED) is 0.195. The number of halogens is 1. The maximum Gasteiger partial charge on any atom is 0.274 e. The molecule has 2 aliphatic rings. The molecular weight excluding hydrogens is 718 g/mol. The van der Waals surface area contributed by atoms with Crippen LogP contribution in [0.25, 0.3) is 0 Å². The number of likely N-dealkylation sites (N-methyl/N-ethyl adjacent to an activating group) is 1. The van der Waals surface area contributed by atoms with E-state index in [0.717, 1.165) is 15.9 Å². The van der Waals surface area contributed by atoms with E-state index in [1.807, 2.05) is 12.1 Å². The number of ether oxygens (including phenoxy) is 3. The van der Waals surface area contributed by atoms with Crippen LogP contribution >= 0.6 is 0 Å². The number of anilines is 1. The third-order valence-electron chi connectivity index (χ3n) is 10.9. The molecule has 0 saturated carbocycles. The minimum Gasteiger partial charge on any atom is -0.497 e. The van der Waals surface area contributed by atoms with Gasteiger partial charge in [0, 0.05) is 44.4 Å². The van der Waals surface area contributed by atoms with Gasteiger partial charge in [-0.05, 0) is 85.4 Å². The van der Waals surface area contributed by atoms with Crippen molar-refractivity contribution < 1.29 is 41.0 Å². The first-order chi connectivity index (χ1) is 24.9. The molecule has 0 aromatic heterocycles. The first-order valence-corrected chi connectivity index (χ1v) is 22.1. The third kappa shape index (κ3) is 7.06. The molecule has 3 aromatic rings. The summed E-state index contributed by atoms with van der Waals surface area (Å²) in [7, 11) is 0.694. The lowest BCUT2D eigenvalue weighted by Crippen LogP contribution is -2.62. The summed E-state index contributed by atoms with van der Waals surface area (Å²) < 4.78 is 69.4. The maximum atomic E-state index is 15.7. The van der Waals surface area contributed by atoms with Gasteiger partial charge in [0.2, 0.25) is 5.91 Å². The Morgan fingerprint density at radius 1 is 0.943 bits per heavy atom. The number of fused-ring (bicyclic) bond motifs is 1. The topological polar surface area (TPSA) is 115 Å². The van der Waals surface area contributed by atoms with Crippen LogP contribution in [0.5, 0.6) is 17.2 Å². The van der Waals surface area contributed by atoms with E-state index in [-0.39, 0.29) is 45.1 Å². The molecule has 288 valence electrons. The number of amides is 2. The number of carbonyl (C=O) groups is 2. The Bertz CT molecular complexity index is 1980. The fourth-order valence-electron chi connectivity index (χ4n) is 7.09. The predicted octanol–water partition coefficient (Wildman–Crippen LogP) is 6.34. The molecule has 3 aromatic carbocycles. The van der Waals surface area contributed by atoms with Gasteiger partial charge in [-0.2, -0.15) is 0 Å². The van der Waals surface area contributed by atoms with Crippen molar-refractivity contribution >= 4 is 35.8 Å². The Morgan fingerprint density at radius 3 is 2.26 bits per heavy atom. The second-order valence-corrected chi connectivity index (χ2v) is 21.9. The molecule has 0 aliphatic carbocycles. The Hall–Kier alpha value is -3.98. The van der Waals surface area contributed by atoms with Gasteiger partial charge in [-0.3, -0.25) is 14.5 Å². The lowest BCUT2D eigenvalue weighted by atomic mass is 9.78. The van der Waals surface area contributed by atoms with Gasteiger partial charge in [0.1, 0.15) is 28.0 Å². The number of hydrogen-bond donors (Lipinski definition) is 0. The van der Waals surface area contributed by atoms with Crippen LogP contribution in [-0.4, -0.2) is 93.0 Å². The Labute approximate surface area is 314 Å². The molecule has 1 saturated heterocycles. The van der Waals surface area contributed by atoms with Crippen molar-refractivity contribution in [3.05, 3.63) is 77.1 Å². The highest BCUT2D eigenvalue weighted by Gasteiger charge is 2.63. The van der Waals surface area contributed by atoms with Crippen molar-refractivity contribution in [2.75, 3.05) is 52.9 Å². The normalized spacial score (nSPS) is 19.6. The van der Waals surface area contributed by atoms with Crippen LogP contribution in [0.3, 0.4) is 0 Å². The summed E-state index contributed by atoms with van der Waals surface area (Å²) in [6.45, 7) is 11.5. The first-order valence-electron chi connectivity index (χ1n) is 17.8. The summed E-state index contributed by atoms with van der Waals surface area (Å²) in [6.07, 6.45) is 2.19. The number of carbonyl (C=O) groups excluding carboxylic acids is 2. The average molecular weight is 770 g/mol. The molecule has 14 heteroatoms. The van der Waals surface area contributed by atoms with Crippen molar-refractivity contribution in [3.63, 3.8) is 0 Å². The summed E-state index contributed by atoms with van der Waals surface area (Å²) >= 11 is 0. The van der Waals surface area contributed by atoms with Crippen LogP contribution in [-0.2, 0) is 36.0 Å². The fraction of sp³-hybridized carbons (Fsp3) is 0.487. The molecule has 0 bridgehead atoms. The standard InChI is InChI=1S/C39H52FN3O8SSi/c1-38(2,3)53(9,10)51-22-20-26-14-18-33(49-7)30(23-26)39(42-21-12-11-13-32(42)36(44)41(4)5)29-24-27(40)15-17-31(29)43(37(39)45)52(46,47)35-19-16-28(48-6)25-34(35)50-8/h14-19,23-25,32H,11-13,20-22H2,1-10H3/t32-,39?/m0/s1. The molecule has 53 heavy (non-hydrogen) atoms. The Morgan fingerprint density at radius 2 is 1.64 bits per heavy atom. The fourth-order valence-corrected chi connectivity index (χ4v) is 9.73. The van der Waals surface area contributed by atoms with Gasteiger partial charge < -0.3 is 23.5 Å². The van der Waals surface area contributed by atoms with Gasteiger partial charge >= 0.3 is 0 Å². The van der Waals surface area contributed by atoms with E-state index in [9.17, 15) is 13.2 Å². The van der Waals surface area contributed by atoms with Crippen molar-refractivity contribution in [1.82, 2.24) is 9.80 Å². The van der Waals surface area contributed by atoms with Crippen LogP contribution in [0.1, 0.15) is 56.7 Å². The molecule has 0 spiro atoms. The van der Waals surface area contributed by atoms with Crippen LogP contribution < -0.4 is 18.5 Å². The van der Waals surface area contributed by atoms with E-state index in [0.29, 0.717) is 43.6 Å². The third-order valence-corrected chi connectivity index (χ3v) is 17.2. The number of sulfonamides is 1. The summed E-state index contributed by atoms with van der Waals surface area (Å²) in [5.74, 6) is -1.23. The first kappa shape index (κ1) is 40.2. The van der Waals surface area contributed by atoms with E-state index < -0.39 is 41.6 Å². The molecule has 1 unspecified atom stereocenters. The maximum absolute atomic E-state index is 15.7. The lowest BCUT2D eigenvalue weighted by molar-refractivity contribution is -0.142. The zero-order valence-electron chi connectivity index (χ0n) is 32.4. The van der Waals surface area contributed by atoms with Gasteiger partial charge in [0.25, 0.3) is 15.9 Å². The number of likely N-dealkylation sites (tertiary alicyclic amines) is 1. The molecule has 5 rings (SSSR count). The minimum atomic E-state index is -4.73. The van der Waals surface area contributed by atoms with Crippen molar-refractivity contribution in [1.29, 1.82) is 0 Å². The predicted molar refractivity (Wildman–Crippen MR) is 204 cm³/mol. The smallest absolute Gasteiger partial charge is 0.274 e. The number of benzene rings is 3. The highest BCUT2D eigenvalue weighted by molar-refractivity contribution is 7.93. The molecule has 2 aliphatic heterocycles. The summed E-state index contributed by atoms with van der Waals surface area (Å²) in [5.41, 5.74) is -0.841. The number of rotatable bonds is 12. The SMILES string of the molecule is COc1ccc(S(=O)(=O)N2C(=O)C(c3cc(CCO[Si](C)(C)C(C)(C)C)ccc3OC)(N3CCCC[C@H]3C(=O)N(C)C)c3cc(F)ccc32)c(OC)c1. The molecule has 2 atom stereocenters. The zero-order valence-corrected chi connectivity index (χ0v) is 34.2. The molecule has 0 radical (unpaired) electrons. The lowest BCUT2D eigenvalue weighted by Gasteiger charge is -2.47. The molecular formula is C39H52FN3O8SSi. The van der Waals surface area contributed by atoms with E-state index >= 15 is 9.18 Å². The van der Waals surface area contributed by atoms with Gasteiger partial charge in [0.15, 0.2) is 13.9 Å². The van der Waals surface area contributed by atoms with Crippen LogP contribution in [0.2, 0.25) is 18.1 Å². The number of hydrogen-bond acceptors (Lipinski definition) is 9.